The van der Waals surface area contributed by atoms with E-state index in [2.05, 4.69) is 21.8 Å². The minimum absolute atomic E-state index is 0.613. The third-order valence-electron chi connectivity index (χ3n) is 2.27. The van der Waals surface area contributed by atoms with Crippen molar-refractivity contribution in [2.24, 2.45) is 16.6 Å². The monoisotopic (exact) mass is 194 g/mol. The Kier molecular flexibility index (Phi) is 2.64. The Morgan fingerprint density at radius 2 is 2.46 bits per heavy atom. The summed E-state index contributed by atoms with van der Waals surface area (Å²) in [5.74, 6) is 1.48. The van der Waals surface area contributed by atoms with Gasteiger partial charge in [-0.3, -0.25) is 4.99 Å². The van der Waals surface area contributed by atoms with E-state index in [1.54, 1.807) is 11.3 Å². The minimum Gasteiger partial charge on any atom is -0.387 e. The summed E-state index contributed by atoms with van der Waals surface area (Å²) in [5.41, 5.74) is 7.14. The van der Waals surface area contributed by atoms with Gasteiger partial charge in [0.25, 0.3) is 0 Å². The number of amidine groups is 1. The Morgan fingerprint density at radius 1 is 1.62 bits per heavy atom. The quantitative estimate of drug-likeness (QED) is 0.578. The first-order valence-corrected chi connectivity index (χ1v) is 5.61. The van der Waals surface area contributed by atoms with Crippen molar-refractivity contribution in [1.29, 1.82) is 0 Å². The highest BCUT2D eigenvalue weighted by atomic mass is 32.1. The van der Waals surface area contributed by atoms with E-state index in [0.717, 1.165) is 18.8 Å². The maximum Gasteiger partial charge on any atom is 0.0968 e. The van der Waals surface area contributed by atoms with Crippen LogP contribution < -0.4 is 5.73 Å². The lowest BCUT2D eigenvalue weighted by Gasteiger charge is -1.96. The fourth-order valence-electron chi connectivity index (χ4n) is 1.26. The number of nitrogens with two attached hydrogens (primary N) is 1. The molecule has 1 heterocycles. The van der Waals surface area contributed by atoms with Gasteiger partial charge in [0.1, 0.15) is 0 Å². The van der Waals surface area contributed by atoms with Gasteiger partial charge in [-0.2, -0.15) is 11.3 Å². The van der Waals surface area contributed by atoms with E-state index in [-0.39, 0.29) is 0 Å². The van der Waals surface area contributed by atoms with Gasteiger partial charge in [-0.25, -0.2) is 0 Å². The van der Waals surface area contributed by atoms with Crippen molar-refractivity contribution < 1.29 is 0 Å². The van der Waals surface area contributed by atoms with Crippen molar-refractivity contribution >= 4 is 17.2 Å². The van der Waals surface area contributed by atoms with Crippen LogP contribution in [-0.2, 0) is 6.42 Å². The van der Waals surface area contributed by atoms with E-state index in [9.17, 15) is 0 Å². The molecule has 13 heavy (non-hydrogen) atoms. The maximum absolute atomic E-state index is 5.77. The summed E-state index contributed by atoms with van der Waals surface area (Å²) < 4.78 is 0. The van der Waals surface area contributed by atoms with Crippen LogP contribution in [0.15, 0.2) is 21.8 Å². The lowest BCUT2D eigenvalue weighted by atomic mass is 10.2. The van der Waals surface area contributed by atoms with Crippen LogP contribution in [-0.4, -0.2) is 12.4 Å². The van der Waals surface area contributed by atoms with E-state index in [0.29, 0.717) is 5.92 Å². The van der Waals surface area contributed by atoms with Crippen LogP contribution >= 0.6 is 11.3 Å². The van der Waals surface area contributed by atoms with Crippen LogP contribution in [0.2, 0.25) is 0 Å². The van der Waals surface area contributed by atoms with Gasteiger partial charge in [-0.1, -0.05) is 0 Å². The van der Waals surface area contributed by atoms with Crippen LogP contribution in [0.4, 0.5) is 0 Å². The molecule has 1 aromatic heterocycles. The van der Waals surface area contributed by atoms with E-state index in [4.69, 9.17) is 5.73 Å². The first-order valence-electron chi connectivity index (χ1n) is 4.67. The first-order chi connectivity index (χ1) is 6.36. The molecule has 0 amide bonds. The largest absolute Gasteiger partial charge is 0.387 e. The molecule has 0 aliphatic heterocycles. The molecule has 1 aliphatic rings. The molecule has 0 saturated heterocycles. The number of hydrogen-bond acceptors (Lipinski definition) is 2. The third kappa shape index (κ3) is 2.56. The number of hydrogen-bond donors (Lipinski definition) is 1. The Hall–Kier alpha value is -0.830. The van der Waals surface area contributed by atoms with Crippen molar-refractivity contribution in [3.05, 3.63) is 22.4 Å². The van der Waals surface area contributed by atoms with Gasteiger partial charge in [0.2, 0.25) is 0 Å². The van der Waals surface area contributed by atoms with E-state index in [1.165, 1.54) is 18.4 Å². The van der Waals surface area contributed by atoms with Gasteiger partial charge in [0, 0.05) is 12.5 Å². The molecular weight excluding hydrogens is 180 g/mol. The standard InChI is InChI=1S/C10H14N2S/c11-10(9-1-2-9)12-5-3-8-4-6-13-7-8/h4,6-7,9H,1-3,5H2,(H2,11,12). The molecule has 2 N–H and O–H groups in total. The smallest absolute Gasteiger partial charge is 0.0968 e. The molecule has 0 bridgehead atoms. The molecule has 2 nitrogen and oxygen atoms in total. The fourth-order valence-corrected chi connectivity index (χ4v) is 1.96. The zero-order valence-corrected chi connectivity index (χ0v) is 8.39. The lowest BCUT2D eigenvalue weighted by molar-refractivity contribution is 0.952. The summed E-state index contributed by atoms with van der Waals surface area (Å²) in [4.78, 5) is 4.36. The molecule has 0 spiro atoms. The molecular formula is C10H14N2S. The molecule has 1 aromatic rings. The topological polar surface area (TPSA) is 38.4 Å². The van der Waals surface area contributed by atoms with Crippen LogP contribution in [0.5, 0.6) is 0 Å². The summed E-state index contributed by atoms with van der Waals surface area (Å²) in [6.45, 7) is 0.846. The predicted octanol–water partition coefficient (Wildman–Crippen LogP) is 2.06. The van der Waals surface area contributed by atoms with Crippen molar-refractivity contribution in [2.75, 3.05) is 6.54 Å². The van der Waals surface area contributed by atoms with Gasteiger partial charge in [0.05, 0.1) is 5.84 Å². The summed E-state index contributed by atoms with van der Waals surface area (Å²) in [7, 11) is 0. The third-order valence-corrected chi connectivity index (χ3v) is 3.00. The Bertz CT molecular complexity index is 286. The molecule has 1 saturated carbocycles. The first kappa shape index (κ1) is 8.75. The molecule has 0 radical (unpaired) electrons. The molecule has 0 aromatic carbocycles. The van der Waals surface area contributed by atoms with E-state index in [1.807, 2.05) is 0 Å². The van der Waals surface area contributed by atoms with Crippen molar-refractivity contribution in [2.45, 2.75) is 19.3 Å². The summed E-state index contributed by atoms with van der Waals surface area (Å²) in [5, 5.41) is 4.27. The molecule has 2 rings (SSSR count). The Balaban J connectivity index is 1.76. The number of aliphatic imine (C=N–C) groups is 1. The molecule has 0 atom stereocenters. The maximum atomic E-state index is 5.77. The van der Waals surface area contributed by atoms with Crippen molar-refractivity contribution in [3.63, 3.8) is 0 Å². The molecule has 1 aliphatic carbocycles. The van der Waals surface area contributed by atoms with Crippen LogP contribution in [0, 0.1) is 5.92 Å². The van der Waals surface area contributed by atoms with Crippen LogP contribution in [0.25, 0.3) is 0 Å². The summed E-state index contributed by atoms with van der Waals surface area (Å²) >= 11 is 1.74. The fraction of sp³-hybridized carbons (Fsp3) is 0.500. The zero-order valence-electron chi connectivity index (χ0n) is 7.57. The number of rotatable bonds is 4. The SMILES string of the molecule is NC(=NCCc1ccsc1)C1CC1. The lowest BCUT2D eigenvalue weighted by Crippen LogP contribution is -2.14. The Labute approximate surface area is 82.5 Å². The minimum atomic E-state index is 0.613. The summed E-state index contributed by atoms with van der Waals surface area (Å²) in [6.07, 6.45) is 3.51. The van der Waals surface area contributed by atoms with Gasteiger partial charge in [-0.05, 0) is 41.7 Å². The predicted molar refractivity (Wildman–Crippen MR) is 57.2 cm³/mol. The normalized spacial score (nSPS) is 17.7. The van der Waals surface area contributed by atoms with Crippen molar-refractivity contribution in [1.82, 2.24) is 0 Å². The van der Waals surface area contributed by atoms with Crippen molar-refractivity contribution in [3.8, 4) is 0 Å². The average Bonchev–Trinajstić information content (AvgIpc) is 2.86. The van der Waals surface area contributed by atoms with Gasteiger partial charge < -0.3 is 5.73 Å². The highest BCUT2D eigenvalue weighted by Crippen LogP contribution is 2.28. The molecule has 70 valence electrons. The van der Waals surface area contributed by atoms with Gasteiger partial charge in [0.15, 0.2) is 0 Å². The second-order valence-electron chi connectivity index (χ2n) is 3.46. The highest BCUT2D eigenvalue weighted by molar-refractivity contribution is 7.07. The number of thiophene rings is 1. The van der Waals surface area contributed by atoms with Gasteiger partial charge >= 0.3 is 0 Å². The molecule has 3 heteroatoms. The highest BCUT2D eigenvalue weighted by Gasteiger charge is 2.24. The zero-order chi connectivity index (χ0) is 9.10. The van der Waals surface area contributed by atoms with Crippen LogP contribution in [0.1, 0.15) is 18.4 Å². The average molecular weight is 194 g/mol. The Morgan fingerprint density at radius 3 is 3.08 bits per heavy atom. The van der Waals surface area contributed by atoms with Gasteiger partial charge in [-0.15, -0.1) is 0 Å². The molecule has 0 unspecified atom stereocenters. The second kappa shape index (κ2) is 3.92. The second-order valence-corrected chi connectivity index (χ2v) is 4.24. The van der Waals surface area contributed by atoms with E-state index >= 15 is 0 Å². The molecule has 1 fully saturated rings. The van der Waals surface area contributed by atoms with Crippen LogP contribution in [0.3, 0.4) is 0 Å². The summed E-state index contributed by atoms with van der Waals surface area (Å²) in [6, 6.07) is 2.15. The number of nitrogens with zero attached hydrogens (tertiary/aromatic N) is 1. The van der Waals surface area contributed by atoms with E-state index < -0.39 is 0 Å².